The molecular formula is C12H13ClN4. The summed E-state index contributed by atoms with van der Waals surface area (Å²) in [5.74, 6) is 6.30. The number of nitrogens with one attached hydrogen (secondary N) is 1. The zero-order valence-electron chi connectivity index (χ0n) is 9.39. The van der Waals surface area contributed by atoms with Crippen molar-refractivity contribution in [3.63, 3.8) is 0 Å². The second-order valence-corrected chi connectivity index (χ2v) is 4.12. The molecule has 0 fully saturated rings. The van der Waals surface area contributed by atoms with Gasteiger partial charge in [0.1, 0.15) is 5.82 Å². The molecule has 0 aliphatic rings. The highest BCUT2D eigenvalue weighted by atomic mass is 35.5. The average Bonchev–Trinajstić information content (AvgIpc) is 2.30. The van der Waals surface area contributed by atoms with Gasteiger partial charge in [-0.3, -0.25) is 5.84 Å². The normalized spacial score (nSPS) is 12.4. The van der Waals surface area contributed by atoms with E-state index in [9.17, 15) is 0 Å². The number of hydrazine groups is 1. The molecule has 1 aromatic heterocycles. The Hall–Kier alpha value is -1.49. The predicted molar refractivity (Wildman–Crippen MR) is 67.4 cm³/mol. The molecule has 1 heterocycles. The monoisotopic (exact) mass is 248 g/mol. The van der Waals surface area contributed by atoms with Crippen LogP contribution in [-0.2, 0) is 0 Å². The lowest BCUT2D eigenvalue weighted by atomic mass is 10.0. The van der Waals surface area contributed by atoms with E-state index in [1.165, 1.54) is 0 Å². The number of aryl methyl sites for hydroxylation is 1. The van der Waals surface area contributed by atoms with Gasteiger partial charge in [-0.05, 0) is 30.7 Å². The topological polar surface area (TPSA) is 63.8 Å². The highest BCUT2D eigenvalue weighted by Gasteiger charge is 2.14. The minimum absolute atomic E-state index is 0.185. The predicted octanol–water partition coefficient (Wildman–Crippen LogP) is 1.99. The third kappa shape index (κ3) is 2.79. The lowest BCUT2D eigenvalue weighted by Crippen LogP contribution is -2.29. The summed E-state index contributed by atoms with van der Waals surface area (Å²) >= 11 is 5.96. The Labute approximate surface area is 105 Å². The second-order valence-electron chi connectivity index (χ2n) is 3.68. The van der Waals surface area contributed by atoms with Crippen LogP contribution in [0, 0.1) is 6.92 Å². The van der Waals surface area contributed by atoms with Crippen LogP contribution >= 0.6 is 11.6 Å². The van der Waals surface area contributed by atoms with Crippen LogP contribution in [0.4, 0.5) is 0 Å². The van der Waals surface area contributed by atoms with Crippen LogP contribution in [0.15, 0.2) is 36.5 Å². The van der Waals surface area contributed by atoms with E-state index in [0.717, 1.165) is 11.3 Å². The van der Waals surface area contributed by atoms with Gasteiger partial charge in [-0.15, -0.1) is 0 Å². The minimum Gasteiger partial charge on any atom is -0.271 e. The van der Waals surface area contributed by atoms with Gasteiger partial charge in [-0.1, -0.05) is 23.7 Å². The Morgan fingerprint density at radius 2 is 2.18 bits per heavy atom. The number of nitrogens with two attached hydrogens (primary N) is 1. The highest BCUT2D eigenvalue weighted by Crippen LogP contribution is 2.22. The first-order valence-electron chi connectivity index (χ1n) is 5.22. The Balaban J connectivity index is 2.40. The van der Waals surface area contributed by atoms with E-state index < -0.39 is 0 Å². The summed E-state index contributed by atoms with van der Waals surface area (Å²) in [7, 11) is 0. The molecule has 2 rings (SSSR count). The number of halogens is 1. The molecule has 88 valence electrons. The Morgan fingerprint density at radius 3 is 2.82 bits per heavy atom. The van der Waals surface area contributed by atoms with Crippen molar-refractivity contribution in [1.29, 1.82) is 0 Å². The summed E-state index contributed by atoms with van der Waals surface area (Å²) in [4.78, 5) is 8.42. The van der Waals surface area contributed by atoms with E-state index in [0.29, 0.717) is 10.8 Å². The minimum atomic E-state index is -0.185. The Kier molecular flexibility index (Phi) is 3.68. The fourth-order valence-electron chi connectivity index (χ4n) is 1.67. The molecule has 4 nitrogen and oxygen atoms in total. The largest absolute Gasteiger partial charge is 0.271 e. The smallest absolute Gasteiger partial charge is 0.125 e. The number of rotatable bonds is 3. The van der Waals surface area contributed by atoms with Crippen LogP contribution in [0.2, 0.25) is 5.02 Å². The molecule has 0 bridgehead atoms. The van der Waals surface area contributed by atoms with Crippen molar-refractivity contribution in [2.24, 2.45) is 5.84 Å². The zero-order valence-corrected chi connectivity index (χ0v) is 10.1. The fourth-order valence-corrected chi connectivity index (χ4v) is 1.87. The van der Waals surface area contributed by atoms with Crippen molar-refractivity contribution in [2.75, 3.05) is 0 Å². The molecule has 0 spiro atoms. The van der Waals surface area contributed by atoms with Crippen LogP contribution < -0.4 is 11.3 Å². The fraction of sp³-hybridized carbons (Fsp3) is 0.167. The van der Waals surface area contributed by atoms with Crippen molar-refractivity contribution in [2.45, 2.75) is 13.0 Å². The molecule has 0 aliphatic heterocycles. The maximum Gasteiger partial charge on any atom is 0.125 e. The van der Waals surface area contributed by atoms with Gasteiger partial charge >= 0.3 is 0 Å². The van der Waals surface area contributed by atoms with E-state index in [2.05, 4.69) is 15.4 Å². The summed E-state index contributed by atoms with van der Waals surface area (Å²) < 4.78 is 0. The SMILES string of the molecule is Cc1nccc(C(NN)c2cccc(Cl)c2)n1. The molecule has 0 amide bonds. The number of hydrogen-bond acceptors (Lipinski definition) is 4. The van der Waals surface area contributed by atoms with Gasteiger partial charge < -0.3 is 0 Å². The molecule has 2 aromatic rings. The number of nitrogens with zero attached hydrogens (tertiary/aromatic N) is 2. The summed E-state index contributed by atoms with van der Waals surface area (Å²) in [5.41, 5.74) is 4.53. The highest BCUT2D eigenvalue weighted by molar-refractivity contribution is 6.30. The number of benzene rings is 1. The average molecular weight is 249 g/mol. The van der Waals surface area contributed by atoms with Gasteiger partial charge in [0, 0.05) is 11.2 Å². The van der Waals surface area contributed by atoms with Gasteiger partial charge in [0.05, 0.1) is 11.7 Å². The standard InChI is InChI=1S/C12H13ClN4/c1-8-15-6-5-11(16-8)12(17-14)9-3-2-4-10(13)7-9/h2-7,12,17H,14H2,1H3. The zero-order chi connectivity index (χ0) is 12.3. The molecule has 1 aromatic carbocycles. The first-order chi connectivity index (χ1) is 8.20. The van der Waals surface area contributed by atoms with Crippen molar-refractivity contribution < 1.29 is 0 Å². The molecular weight excluding hydrogens is 236 g/mol. The van der Waals surface area contributed by atoms with Crippen LogP contribution in [0.3, 0.4) is 0 Å². The van der Waals surface area contributed by atoms with E-state index in [4.69, 9.17) is 17.4 Å². The molecule has 0 saturated carbocycles. The number of hydrogen-bond donors (Lipinski definition) is 2. The van der Waals surface area contributed by atoms with Gasteiger partial charge in [-0.25, -0.2) is 15.4 Å². The quantitative estimate of drug-likeness (QED) is 0.644. The van der Waals surface area contributed by atoms with Gasteiger partial charge in [-0.2, -0.15) is 0 Å². The maximum atomic E-state index is 5.96. The van der Waals surface area contributed by atoms with Crippen LogP contribution in [0.25, 0.3) is 0 Å². The molecule has 17 heavy (non-hydrogen) atoms. The second kappa shape index (κ2) is 5.23. The van der Waals surface area contributed by atoms with Crippen LogP contribution in [0.5, 0.6) is 0 Å². The Morgan fingerprint density at radius 1 is 1.35 bits per heavy atom. The third-order valence-corrected chi connectivity index (χ3v) is 2.68. The van der Waals surface area contributed by atoms with Gasteiger partial charge in [0.25, 0.3) is 0 Å². The summed E-state index contributed by atoms with van der Waals surface area (Å²) in [6.07, 6.45) is 1.71. The van der Waals surface area contributed by atoms with Crippen LogP contribution in [-0.4, -0.2) is 9.97 Å². The third-order valence-electron chi connectivity index (χ3n) is 2.44. The van der Waals surface area contributed by atoms with Gasteiger partial charge in [0.15, 0.2) is 0 Å². The van der Waals surface area contributed by atoms with Gasteiger partial charge in [0.2, 0.25) is 0 Å². The first kappa shape index (κ1) is 12.0. The molecule has 0 aliphatic carbocycles. The molecule has 0 saturated heterocycles. The van der Waals surface area contributed by atoms with E-state index in [1.54, 1.807) is 6.20 Å². The summed E-state index contributed by atoms with van der Waals surface area (Å²) in [6.45, 7) is 1.84. The lowest BCUT2D eigenvalue weighted by molar-refractivity contribution is 0.616. The first-order valence-corrected chi connectivity index (χ1v) is 5.59. The van der Waals surface area contributed by atoms with E-state index in [1.807, 2.05) is 37.3 Å². The van der Waals surface area contributed by atoms with Crippen molar-refractivity contribution >= 4 is 11.6 Å². The molecule has 1 atom stereocenters. The lowest BCUT2D eigenvalue weighted by Gasteiger charge is -2.16. The Bertz CT molecular complexity index is 470. The van der Waals surface area contributed by atoms with Crippen molar-refractivity contribution in [3.8, 4) is 0 Å². The maximum absolute atomic E-state index is 5.96. The molecule has 0 radical (unpaired) electrons. The summed E-state index contributed by atoms with van der Waals surface area (Å²) in [6, 6.07) is 9.17. The van der Waals surface area contributed by atoms with E-state index >= 15 is 0 Å². The van der Waals surface area contributed by atoms with Crippen molar-refractivity contribution in [1.82, 2.24) is 15.4 Å². The number of aromatic nitrogens is 2. The molecule has 1 unspecified atom stereocenters. The summed E-state index contributed by atoms with van der Waals surface area (Å²) in [5, 5.41) is 0.675. The van der Waals surface area contributed by atoms with Crippen LogP contribution in [0.1, 0.15) is 23.1 Å². The molecule has 3 N–H and O–H groups in total. The van der Waals surface area contributed by atoms with Crippen molar-refractivity contribution in [3.05, 3.63) is 58.6 Å². The van der Waals surface area contributed by atoms with E-state index in [-0.39, 0.29) is 6.04 Å². The molecule has 5 heteroatoms.